The van der Waals surface area contributed by atoms with Crippen LogP contribution < -0.4 is 14.4 Å². The lowest BCUT2D eigenvalue weighted by Gasteiger charge is -2.41. The second kappa shape index (κ2) is 12.0. The number of hydrogen-bond donors (Lipinski definition) is 0. The smallest absolute Gasteiger partial charge is 0.414 e. The van der Waals surface area contributed by atoms with Gasteiger partial charge in [0.05, 0.1) is 44.2 Å². The average Bonchev–Trinajstić information content (AvgIpc) is 3.28. The minimum atomic E-state index is -2.36. The second-order valence-electron chi connectivity index (χ2n) is 11.4. The Labute approximate surface area is 250 Å². The minimum Gasteiger partial charge on any atom is -0.493 e. The molecule has 0 unspecified atom stereocenters. The van der Waals surface area contributed by atoms with E-state index in [1.54, 1.807) is 0 Å². The van der Waals surface area contributed by atoms with Crippen LogP contribution in [0.2, 0.25) is 18.1 Å². The van der Waals surface area contributed by atoms with Crippen LogP contribution in [0.5, 0.6) is 11.5 Å². The number of aldehydes is 1. The third-order valence-corrected chi connectivity index (χ3v) is 12.7. The first-order valence-corrected chi connectivity index (χ1v) is 16.7. The van der Waals surface area contributed by atoms with Gasteiger partial charge < -0.3 is 23.5 Å². The summed E-state index contributed by atoms with van der Waals surface area (Å²) in [4.78, 5) is 54.4. The van der Waals surface area contributed by atoms with E-state index in [2.05, 4.69) is 33.9 Å². The number of nitrogens with zero attached hydrogens (tertiary/aromatic N) is 2. The molecule has 2 aliphatic heterocycles. The van der Waals surface area contributed by atoms with Gasteiger partial charge in [0.15, 0.2) is 31.9 Å². The first-order chi connectivity index (χ1) is 18.5. The molecule has 0 N–H and O–H groups in total. The predicted molar refractivity (Wildman–Crippen MR) is 155 cm³/mol. The lowest BCUT2D eigenvalue weighted by molar-refractivity contribution is -0.132. The van der Waals surface area contributed by atoms with Gasteiger partial charge in [0.1, 0.15) is 6.61 Å². The maximum atomic E-state index is 14.0. The fourth-order valence-corrected chi connectivity index (χ4v) is 5.84. The van der Waals surface area contributed by atoms with Crippen molar-refractivity contribution in [2.24, 2.45) is 5.92 Å². The summed E-state index contributed by atoms with van der Waals surface area (Å²) in [6.45, 7) is 9.83. The number of anilines is 1. The molecule has 222 valence electrons. The van der Waals surface area contributed by atoms with Crippen LogP contribution in [0, 0.1) is 5.92 Å². The number of carbonyl (C=O) groups excluding carboxylic acids is 4. The summed E-state index contributed by atoms with van der Waals surface area (Å²) >= 11 is 17.6. The number of fused-ring (bicyclic) bond motifs is 2. The number of Topliss-reactive ketones (excluding diaryl/α,β-unsaturated/α-hetero) is 1. The van der Waals surface area contributed by atoms with Crippen LogP contribution in [0.3, 0.4) is 0 Å². The molecule has 40 heavy (non-hydrogen) atoms. The van der Waals surface area contributed by atoms with Crippen molar-refractivity contribution in [3.63, 3.8) is 0 Å². The van der Waals surface area contributed by atoms with Crippen LogP contribution in [-0.4, -0.2) is 87.1 Å². The van der Waals surface area contributed by atoms with Crippen molar-refractivity contribution in [3.05, 3.63) is 17.7 Å². The Hall–Kier alpha value is -2.05. The quantitative estimate of drug-likeness (QED) is 0.169. The van der Waals surface area contributed by atoms with E-state index < -0.39 is 54.5 Å². The molecule has 0 aliphatic carbocycles. The van der Waals surface area contributed by atoms with E-state index in [0.717, 1.165) is 0 Å². The Morgan fingerprint density at radius 3 is 2.23 bits per heavy atom. The van der Waals surface area contributed by atoms with Gasteiger partial charge in [-0.05, 0) is 30.6 Å². The van der Waals surface area contributed by atoms with Gasteiger partial charge in [0.2, 0.25) is 3.79 Å². The molecule has 0 bridgehead atoms. The zero-order valence-electron chi connectivity index (χ0n) is 23.6. The van der Waals surface area contributed by atoms with Gasteiger partial charge in [-0.15, -0.1) is 0 Å². The highest BCUT2D eigenvalue weighted by Gasteiger charge is 2.51. The van der Waals surface area contributed by atoms with Crippen LogP contribution in [-0.2, 0) is 18.8 Å². The number of alkyl halides is 3. The van der Waals surface area contributed by atoms with E-state index in [1.807, 2.05) is 0 Å². The highest BCUT2D eigenvalue weighted by atomic mass is 35.6. The number of methoxy groups -OCH3 is 2. The topological polar surface area (TPSA) is 112 Å². The number of halogens is 3. The lowest BCUT2D eigenvalue weighted by atomic mass is 9.97. The molecule has 2 aliphatic rings. The van der Waals surface area contributed by atoms with Gasteiger partial charge in [-0.25, -0.2) is 4.79 Å². The van der Waals surface area contributed by atoms with Crippen LogP contribution in [0.25, 0.3) is 0 Å². The van der Waals surface area contributed by atoms with Gasteiger partial charge in [0, 0.05) is 18.5 Å². The summed E-state index contributed by atoms with van der Waals surface area (Å²) in [5.41, 5.74) is 0.302. The van der Waals surface area contributed by atoms with Gasteiger partial charge in [0.25, 0.3) is 5.91 Å². The van der Waals surface area contributed by atoms with E-state index in [-0.39, 0.29) is 53.6 Å². The summed E-state index contributed by atoms with van der Waals surface area (Å²) in [6.07, 6.45) is -0.480. The fourth-order valence-electron chi connectivity index (χ4n) is 4.65. The predicted octanol–water partition coefficient (Wildman–Crippen LogP) is 5.02. The van der Waals surface area contributed by atoms with Crippen molar-refractivity contribution < 1.29 is 37.8 Å². The largest absolute Gasteiger partial charge is 0.493 e. The molecule has 14 heteroatoms. The summed E-state index contributed by atoms with van der Waals surface area (Å²) in [6, 6.07) is 1.48. The van der Waals surface area contributed by atoms with E-state index in [4.69, 9.17) is 53.4 Å². The third kappa shape index (κ3) is 6.70. The van der Waals surface area contributed by atoms with Crippen LogP contribution in [0.4, 0.5) is 10.5 Å². The van der Waals surface area contributed by atoms with Crippen LogP contribution in [0.15, 0.2) is 12.1 Å². The number of ketones is 1. The fraction of sp³-hybridized carbons (Fsp3) is 0.615. The zero-order chi connectivity index (χ0) is 30.2. The number of benzene rings is 1. The molecule has 3 atom stereocenters. The summed E-state index contributed by atoms with van der Waals surface area (Å²) < 4.78 is 21.0. The Balaban J connectivity index is 2.23. The van der Waals surface area contributed by atoms with E-state index in [1.165, 1.54) is 36.2 Å². The highest BCUT2D eigenvalue weighted by Crippen LogP contribution is 2.44. The summed E-state index contributed by atoms with van der Waals surface area (Å²) in [5.74, 6) is -1.27. The Kier molecular flexibility index (Phi) is 9.78. The molecule has 1 fully saturated rings. The van der Waals surface area contributed by atoms with Gasteiger partial charge in [-0.3, -0.25) is 19.3 Å². The summed E-state index contributed by atoms with van der Waals surface area (Å²) in [5, 5.41) is -0.158. The standard InChI is InChI=1S/C26H35Cl3N2O8Si/c1-25(2,3)40(6,7)39-13-19-18-8-15(20(33)12-32)11-30(18)23(34)16-9-21(36-4)22(37-5)10-17(16)31(19)24(35)38-14-26(27,28)29/h9-10,12,15,18-19H,8,11,13-14H2,1-7H3/t15-,18+,19-/m1/s1. The summed E-state index contributed by atoms with van der Waals surface area (Å²) in [7, 11) is 0.491. The van der Waals surface area contributed by atoms with Crippen molar-refractivity contribution in [3.8, 4) is 11.5 Å². The third-order valence-electron chi connectivity index (χ3n) is 7.87. The van der Waals surface area contributed by atoms with Crippen LogP contribution >= 0.6 is 34.8 Å². The molecule has 1 aromatic rings. The van der Waals surface area contributed by atoms with Gasteiger partial charge in [-0.1, -0.05) is 55.6 Å². The molecule has 0 spiro atoms. The Bertz CT molecular complexity index is 1170. The molecular weight excluding hydrogens is 603 g/mol. The van der Waals surface area contributed by atoms with Gasteiger partial charge in [-0.2, -0.15) is 0 Å². The average molecular weight is 638 g/mol. The van der Waals surface area contributed by atoms with Gasteiger partial charge >= 0.3 is 6.09 Å². The monoisotopic (exact) mass is 636 g/mol. The zero-order valence-corrected chi connectivity index (χ0v) is 26.9. The molecule has 2 heterocycles. The molecule has 0 radical (unpaired) electrons. The number of carbonyl (C=O) groups is 4. The Morgan fingerprint density at radius 1 is 1.10 bits per heavy atom. The first kappa shape index (κ1) is 32.5. The minimum absolute atomic E-state index is 0.00247. The van der Waals surface area contributed by atoms with Crippen molar-refractivity contribution >= 4 is 72.9 Å². The van der Waals surface area contributed by atoms with Crippen molar-refractivity contribution in [2.75, 3.05) is 38.9 Å². The second-order valence-corrected chi connectivity index (χ2v) is 18.7. The van der Waals surface area contributed by atoms with Crippen molar-refractivity contribution in [1.29, 1.82) is 0 Å². The molecule has 0 aromatic heterocycles. The normalized spacial score (nSPS) is 21.4. The molecular formula is C26H35Cl3N2O8Si. The number of ether oxygens (including phenoxy) is 3. The van der Waals surface area contributed by atoms with E-state index >= 15 is 0 Å². The maximum Gasteiger partial charge on any atom is 0.414 e. The molecule has 1 saturated heterocycles. The first-order valence-electron chi connectivity index (χ1n) is 12.7. The van der Waals surface area contributed by atoms with E-state index in [0.29, 0.717) is 0 Å². The Morgan fingerprint density at radius 2 is 1.70 bits per heavy atom. The van der Waals surface area contributed by atoms with Crippen molar-refractivity contribution in [1.82, 2.24) is 4.90 Å². The van der Waals surface area contributed by atoms with Crippen molar-refractivity contribution in [2.45, 2.75) is 61.2 Å². The molecule has 3 rings (SSSR count). The number of amides is 2. The van der Waals surface area contributed by atoms with Crippen LogP contribution in [0.1, 0.15) is 37.6 Å². The number of hydrogen-bond acceptors (Lipinski definition) is 8. The van der Waals surface area contributed by atoms with E-state index in [9.17, 15) is 19.2 Å². The molecule has 2 amide bonds. The highest BCUT2D eigenvalue weighted by molar-refractivity contribution is 6.74. The maximum absolute atomic E-state index is 14.0. The molecule has 10 nitrogen and oxygen atoms in total. The SMILES string of the molecule is COc1cc2c(cc1OC)N(C(=O)OCC(Cl)(Cl)Cl)[C@H](CO[Si](C)(C)C(C)(C)C)[C@@H]1C[C@@H](C(=O)C=O)CN1C2=O. The molecule has 1 aromatic carbocycles. The molecule has 0 saturated carbocycles. The number of rotatable bonds is 8. The lowest BCUT2D eigenvalue weighted by Crippen LogP contribution is -2.55.